The first-order valence-corrected chi connectivity index (χ1v) is 7.68. The van der Waals surface area contributed by atoms with Gasteiger partial charge in [0.1, 0.15) is 15.6 Å². The topological polar surface area (TPSA) is 76.8 Å². The molecule has 0 saturated carbocycles. The smallest absolute Gasteiger partial charge is 0.263 e. The Morgan fingerprint density at radius 1 is 1.57 bits per heavy atom. The number of nitrogens with two attached hydrogens (primary N) is 1. The average molecular weight is 311 g/mol. The fourth-order valence-electron chi connectivity index (χ4n) is 2.18. The molecule has 2 rings (SSSR count). The van der Waals surface area contributed by atoms with Crippen LogP contribution in [0.3, 0.4) is 0 Å². The zero-order valence-electron chi connectivity index (χ0n) is 12.2. The fraction of sp³-hybridized carbons (Fsp3) is 0.500. The molecule has 0 aromatic carbocycles. The van der Waals surface area contributed by atoms with Crippen molar-refractivity contribution in [2.75, 3.05) is 50.6 Å². The first-order valence-electron chi connectivity index (χ1n) is 6.87. The fourth-order valence-corrected chi connectivity index (χ4v) is 3.34. The lowest BCUT2D eigenvalue weighted by Crippen LogP contribution is -2.25. The van der Waals surface area contributed by atoms with Gasteiger partial charge in [0, 0.05) is 26.2 Å². The van der Waals surface area contributed by atoms with Crippen LogP contribution in [-0.2, 0) is 4.74 Å². The summed E-state index contributed by atoms with van der Waals surface area (Å²) in [5, 5.41) is 3.64. The van der Waals surface area contributed by atoms with Crippen LogP contribution in [0.15, 0.2) is 12.7 Å². The summed E-state index contributed by atoms with van der Waals surface area (Å²) in [4.78, 5) is 14.8. The zero-order chi connectivity index (χ0) is 15.2. The van der Waals surface area contributed by atoms with Crippen molar-refractivity contribution >= 4 is 27.9 Å². The van der Waals surface area contributed by atoms with E-state index in [1.807, 2.05) is 0 Å². The molecule has 1 aliphatic heterocycles. The summed E-state index contributed by atoms with van der Waals surface area (Å²) in [6.07, 6.45) is 2.57. The number of nitrogens with zero attached hydrogens (tertiary/aromatic N) is 1. The van der Waals surface area contributed by atoms with Crippen molar-refractivity contribution in [3.05, 3.63) is 17.5 Å². The largest absolute Gasteiger partial charge is 0.492 e. The van der Waals surface area contributed by atoms with Crippen LogP contribution in [0.1, 0.15) is 16.1 Å². The summed E-state index contributed by atoms with van der Waals surface area (Å²) < 4.78 is 10.9. The number of carbonyl (C=O) groups is 1. The van der Waals surface area contributed by atoms with E-state index in [9.17, 15) is 4.79 Å². The molecule has 3 N–H and O–H groups in total. The Balaban J connectivity index is 2.28. The molecule has 0 aliphatic carbocycles. The maximum absolute atomic E-state index is 12.1. The van der Waals surface area contributed by atoms with Crippen LogP contribution in [0.5, 0.6) is 5.75 Å². The molecule has 21 heavy (non-hydrogen) atoms. The molecule has 0 atom stereocenters. The molecule has 1 aromatic rings. The van der Waals surface area contributed by atoms with E-state index in [2.05, 4.69) is 16.8 Å². The van der Waals surface area contributed by atoms with Crippen LogP contribution in [0, 0.1) is 0 Å². The van der Waals surface area contributed by atoms with E-state index >= 15 is 0 Å². The highest BCUT2D eigenvalue weighted by Crippen LogP contribution is 2.44. The molecule has 1 aliphatic rings. The summed E-state index contributed by atoms with van der Waals surface area (Å²) >= 11 is 1.36. The van der Waals surface area contributed by atoms with Crippen molar-refractivity contribution in [1.82, 2.24) is 5.32 Å². The summed E-state index contributed by atoms with van der Waals surface area (Å²) in [6, 6.07) is 0. The second kappa shape index (κ2) is 7.33. The van der Waals surface area contributed by atoms with Crippen molar-refractivity contribution < 1.29 is 14.3 Å². The highest BCUT2D eigenvalue weighted by Gasteiger charge is 2.25. The van der Waals surface area contributed by atoms with Gasteiger partial charge in [-0.15, -0.1) is 17.9 Å². The predicted molar refractivity (Wildman–Crippen MR) is 85.5 cm³/mol. The third-order valence-electron chi connectivity index (χ3n) is 3.21. The first-order chi connectivity index (χ1) is 10.2. The SMILES string of the molecule is C=CCNC(=O)c1sc(N2CCCOCC2)c(OC)c1N. The second-order valence-electron chi connectivity index (χ2n) is 4.63. The van der Waals surface area contributed by atoms with E-state index in [4.69, 9.17) is 15.2 Å². The molecule has 6 nitrogen and oxygen atoms in total. The van der Waals surface area contributed by atoms with E-state index in [0.29, 0.717) is 29.5 Å². The minimum absolute atomic E-state index is 0.201. The third kappa shape index (κ3) is 3.48. The number of anilines is 2. The molecule has 1 saturated heterocycles. The van der Waals surface area contributed by atoms with Crippen molar-refractivity contribution in [2.24, 2.45) is 0 Å². The Morgan fingerprint density at radius 2 is 2.38 bits per heavy atom. The van der Waals surface area contributed by atoms with Gasteiger partial charge in [-0.3, -0.25) is 4.79 Å². The van der Waals surface area contributed by atoms with Gasteiger partial charge < -0.3 is 25.4 Å². The van der Waals surface area contributed by atoms with Crippen molar-refractivity contribution in [3.8, 4) is 5.75 Å². The number of nitrogens with one attached hydrogen (secondary N) is 1. The van der Waals surface area contributed by atoms with E-state index in [1.54, 1.807) is 13.2 Å². The average Bonchev–Trinajstić information content (AvgIpc) is 2.68. The monoisotopic (exact) mass is 311 g/mol. The number of hydrogen-bond donors (Lipinski definition) is 2. The molecule has 2 heterocycles. The molecule has 0 bridgehead atoms. The maximum Gasteiger partial charge on any atom is 0.263 e. The van der Waals surface area contributed by atoms with Gasteiger partial charge in [0.2, 0.25) is 0 Å². The number of ether oxygens (including phenoxy) is 2. The van der Waals surface area contributed by atoms with E-state index in [-0.39, 0.29) is 5.91 Å². The van der Waals surface area contributed by atoms with Crippen LogP contribution in [0.2, 0.25) is 0 Å². The van der Waals surface area contributed by atoms with Gasteiger partial charge in [-0.05, 0) is 6.42 Å². The van der Waals surface area contributed by atoms with E-state index in [1.165, 1.54) is 11.3 Å². The van der Waals surface area contributed by atoms with Crippen LogP contribution in [-0.4, -0.2) is 45.9 Å². The highest BCUT2D eigenvalue weighted by molar-refractivity contribution is 7.19. The maximum atomic E-state index is 12.1. The number of thiophene rings is 1. The molecular formula is C14H21N3O3S. The first kappa shape index (κ1) is 15.7. The molecule has 0 radical (unpaired) electrons. The number of methoxy groups -OCH3 is 1. The Labute approximate surface area is 128 Å². The molecule has 116 valence electrons. The number of nitrogen functional groups attached to an aromatic ring is 1. The Hall–Kier alpha value is -1.73. The molecule has 0 unspecified atom stereocenters. The lowest BCUT2D eigenvalue weighted by Gasteiger charge is -2.20. The van der Waals surface area contributed by atoms with Crippen molar-refractivity contribution in [1.29, 1.82) is 0 Å². The van der Waals surface area contributed by atoms with Crippen LogP contribution in [0.4, 0.5) is 10.7 Å². The molecule has 1 fully saturated rings. The molecule has 0 spiro atoms. The number of amides is 1. The van der Waals surface area contributed by atoms with E-state index in [0.717, 1.165) is 31.1 Å². The zero-order valence-corrected chi connectivity index (χ0v) is 13.0. The highest BCUT2D eigenvalue weighted by atomic mass is 32.1. The second-order valence-corrected chi connectivity index (χ2v) is 5.63. The predicted octanol–water partition coefficient (Wildman–Crippen LogP) is 1.48. The van der Waals surface area contributed by atoms with Gasteiger partial charge in [-0.25, -0.2) is 0 Å². The van der Waals surface area contributed by atoms with Crippen LogP contribution in [0.25, 0.3) is 0 Å². The quantitative estimate of drug-likeness (QED) is 0.806. The van der Waals surface area contributed by atoms with Crippen LogP contribution >= 0.6 is 11.3 Å². The Kier molecular flexibility index (Phi) is 5.46. The lowest BCUT2D eigenvalue weighted by molar-refractivity contribution is 0.0962. The van der Waals surface area contributed by atoms with Crippen molar-refractivity contribution in [3.63, 3.8) is 0 Å². The number of hydrogen-bond acceptors (Lipinski definition) is 6. The molecule has 1 aromatic heterocycles. The normalized spacial score (nSPS) is 15.4. The van der Waals surface area contributed by atoms with E-state index < -0.39 is 0 Å². The van der Waals surface area contributed by atoms with Gasteiger partial charge in [-0.1, -0.05) is 6.08 Å². The summed E-state index contributed by atoms with van der Waals surface area (Å²) in [7, 11) is 1.57. The van der Waals surface area contributed by atoms with Gasteiger partial charge in [-0.2, -0.15) is 0 Å². The van der Waals surface area contributed by atoms with Gasteiger partial charge in [0.05, 0.1) is 13.7 Å². The van der Waals surface area contributed by atoms with Crippen LogP contribution < -0.4 is 20.7 Å². The summed E-state index contributed by atoms with van der Waals surface area (Å²) in [5.74, 6) is 0.374. The number of carbonyl (C=O) groups excluding carboxylic acids is 1. The Bertz CT molecular complexity index is 508. The minimum atomic E-state index is -0.201. The van der Waals surface area contributed by atoms with Gasteiger partial charge in [0.15, 0.2) is 5.75 Å². The van der Waals surface area contributed by atoms with Gasteiger partial charge in [0.25, 0.3) is 5.91 Å². The summed E-state index contributed by atoms with van der Waals surface area (Å²) in [6.45, 7) is 7.05. The number of rotatable bonds is 5. The molecule has 7 heteroatoms. The minimum Gasteiger partial charge on any atom is -0.492 e. The lowest BCUT2D eigenvalue weighted by atomic mass is 10.3. The molecular weight excluding hydrogens is 290 g/mol. The molecule has 1 amide bonds. The van der Waals surface area contributed by atoms with Gasteiger partial charge >= 0.3 is 0 Å². The third-order valence-corrected chi connectivity index (χ3v) is 4.46. The standard InChI is InChI=1S/C14H21N3O3S/c1-3-5-16-13(18)12-10(15)11(19-2)14(21-12)17-6-4-8-20-9-7-17/h3H,1,4-9,15H2,2H3,(H,16,18). The van der Waals surface area contributed by atoms with Crippen molar-refractivity contribution in [2.45, 2.75) is 6.42 Å². The Morgan fingerprint density at radius 3 is 3.10 bits per heavy atom. The summed E-state index contributed by atoms with van der Waals surface area (Å²) in [5.41, 5.74) is 6.47.